The number of hydrogen-bond acceptors (Lipinski definition) is 9. The van der Waals surface area contributed by atoms with Crippen molar-refractivity contribution in [2.24, 2.45) is 5.92 Å². The SMILES string of the molecule is Cc1noc(CSc2ccccc2C(=O)OCC(=O)NN2C(=O)NC3(CCC(C)CC3)C2=O)n1. The summed E-state index contributed by atoms with van der Waals surface area (Å²) in [5.41, 5.74) is 1.55. The van der Waals surface area contributed by atoms with Crippen molar-refractivity contribution in [3.63, 3.8) is 0 Å². The van der Waals surface area contributed by atoms with Gasteiger partial charge < -0.3 is 14.6 Å². The number of rotatable bonds is 7. The first-order valence-electron chi connectivity index (χ1n) is 10.9. The maximum Gasteiger partial charge on any atom is 0.344 e. The molecule has 2 fully saturated rings. The largest absolute Gasteiger partial charge is 0.452 e. The Kier molecular flexibility index (Phi) is 6.87. The van der Waals surface area contributed by atoms with Crippen LogP contribution < -0.4 is 10.7 Å². The van der Waals surface area contributed by atoms with Gasteiger partial charge in [-0.15, -0.1) is 11.8 Å². The molecule has 0 radical (unpaired) electrons. The number of hydrogen-bond donors (Lipinski definition) is 2. The van der Waals surface area contributed by atoms with Gasteiger partial charge in [-0.2, -0.15) is 9.99 Å². The molecule has 4 rings (SSSR count). The van der Waals surface area contributed by atoms with Crippen LogP contribution in [0.3, 0.4) is 0 Å². The number of aryl methyl sites for hydroxylation is 1. The van der Waals surface area contributed by atoms with Crippen LogP contribution in [0.2, 0.25) is 0 Å². The molecule has 4 amide bonds. The highest BCUT2D eigenvalue weighted by Crippen LogP contribution is 2.35. The Morgan fingerprint density at radius 3 is 2.74 bits per heavy atom. The summed E-state index contributed by atoms with van der Waals surface area (Å²) < 4.78 is 10.2. The predicted octanol–water partition coefficient (Wildman–Crippen LogP) is 2.36. The van der Waals surface area contributed by atoms with Crippen LogP contribution >= 0.6 is 11.8 Å². The summed E-state index contributed by atoms with van der Waals surface area (Å²) in [5.74, 6) is -0.206. The third-order valence-electron chi connectivity index (χ3n) is 5.89. The van der Waals surface area contributed by atoms with E-state index in [4.69, 9.17) is 9.26 Å². The van der Waals surface area contributed by atoms with Crippen LogP contribution in [-0.4, -0.2) is 51.1 Å². The third-order valence-corrected chi connectivity index (χ3v) is 6.95. The van der Waals surface area contributed by atoms with Gasteiger partial charge in [-0.1, -0.05) is 24.2 Å². The topological polar surface area (TPSA) is 144 Å². The van der Waals surface area contributed by atoms with Crippen LogP contribution in [0.1, 0.15) is 54.7 Å². The first-order valence-corrected chi connectivity index (χ1v) is 11.9. The van der Waals surface area contributed by atoms with E-state index < -0.39 is 36.0 Å². The van der Waals surface area contributed by atoms with E-state index in [0.717, 1.165) is 12.8 Å². The van der Waals surface area contributed by atoms with Gasteiger partial charge >= 0.3 is 12.0 Å². The quantitative estimate of drug-likeness (QED) is 0.342. The molecule has 1 spiro atoms. The van der Waals surface area contributed by atoms with Gasteiger partial charge in [-0.25, -0.2) is 9.59 Å². The number of ether oxygens (including phenoxy) is 1. The number of amides is 4. The van der Waals surface area contributed by atoms with Gasteiger partial charge in [0.15, 0.2) is 12.4 Å². The molecular formula is C22H25N5O6S. The highest BCUT2D eigenvalue weighted by atomic mass is 32.2. The van der Waals surface area contributed by atoms with E-state index in [9.17, 15) is 19.2 Å². The van der Waals surface area contributed by atoms with Crippen molar-refractivity contribution in [3.05, 3.63) is 41.5 Å². The van der Waals surface area contributed by atoms with Crippen LogP contribution in [0.25, 0.3) is 0 Å². The number of esters is 1. The van der Waals surface area contributed by atoms with Crippen LogP contribution in [0.15, 0.2) is 33.7 Å². The zero-order chi connectivity index (χ0) is 24.3. The second kappa shape index (κ2) is 9.84. The number of nitrogens with zero attached hydrogens (tertiary/aromatic N) is 3. The van der Waals surface area contributed by atoms with Crippen LogP contribution in [0.5, 0.6) is 0 Å². The number of thioether (sulfide) groups is 1. The summed E-state index contributed by atoms with van der Waals surface area (Å²) in [6.07, 6.45) is 2.68. The van der Waals surface area contributed by atoms with Crippen molar-refractivity contribution >= 4 is 35.6 Å². The maximum absolute atomic E-state index is 12.8. The second-order valence-electron chi connectivity index (χ2n) is 8.47. The Balaban J connectivity index is 1.32. The lowest BCUT2D eigenvalue weighted by atomic mass is 9.77. The number of imide groups is 1. The summed E-state index contributed by atoms with van der Waals surface area (Å²) in [6, 6.07) is 6.08. The Morgan fingerprint density at radius 2 is 2.03 bits per heavy atom. The molecule has 34 heavy (non-hydrogen) atoms. The molecule has 2 aromatic rings. The Morgan fingerprint density at radius 1 is 1.29 bits per heavy atom. The van der Waals surface area contributed by atoms with Crippen molar-refractivity contribution in [1.29, 1.82) is 0 Å². The van der Waals surface area contributed by atoms with E-state index in [2.05, 4.69) is 27.8 Å². The lowest BCUT2D eigenvalue weighted by molar-refractivity contribution is -0.141. The van der Waals surface area contributed by atoms with Crippen LogP contribution in [-0.2, 0) is 20.1 Å². The summed E-state index contributed by atoms with van der Waals surface area (Å²) in [7, 11) is 0. The van der Waals surface area contributed by atoms with Crippen molar-refractivity contribution in [1.82, 2.24) is 25.9 Å². The number of aromatic nitrogens is 2. The van der Waals surface area contributed by atoms with E-state index in [1.54, 1.807) is 31.2 Å². The van der Waals surface area contributed by atoms with Crippen molar-refractivity contribution < 1.29 is 28.4 Å². The van der Waals surface area contributed by atoms with Gasteiger partial charge in [0, 0.05) is 4.90 Å². The summed E-state index contributed by atoms with van der Waals surface area (Å²) >= 11 is 1.31. The molecule has 2 aliphatic rings. The standard InChI is InChI=1S/C22H25N5O6S/c1-13-7-9-22(10-8-13)20(30)27(21(31)24-22)25-17(28)11-32-19(29)15-5-3-4-6-16(15)34-12-18-23-14(2)26-33-18/h3-6,13H,7-12H2,1-2H3,(H,24,31)(H,25,28). The van der Waals surface area contributed by atoms with Crippen molar-refractivity contribution in [3.8, 4) is 0 Å². The van der Waals surface area contributed by atoms with E-state index in [1.165, 1.54) is 11.8 Å². The van der Waals surface area contributed by atoms with E-state index >= 15 is 0 Å². The highest BCUT2D eigenvalue weighted by Gasteiger charge is 2.52. The fraction of sp³-hybridized carbons (Fsp3) is 0.455. The molecule has 1 aromatic carbocycles. The molecule has 1 aliphatic carbocycles. The van der Waals surface area contributed by atoms with Crippen molar-refractivity contribution in [2.75, 3.05) is 6.61 Å². The first-order chi connectivity index (χ1) is 16.3. The summed E-state index contributed by atoms with van der Waals surface area (Å²) in [5, 5.41) is 7.13. The number of hydrazine groups is 1. The van der Waals surface area contributed by atoms with Gasteiger partial charge in [0.05, 0.1) is 11.3 Å². The summed E-state index contributed by atoms with van der Waals surface area (Å²) in [6.45, 7) is 3.16. The Labute approximate surface area is 199 Å². The average Bonchev–Trinajstić information content (AvgIpc) is 3.34. The van der Waals surface area contributed by atoms with Crippen LogP contribution in [0.4, 0.5) is 4.79 Å². The Bertz CT molecular complexity index is 1110. The normalized spacial score (nSPS) is 22.1. The molecular weight excluding hydrogens is 462 g/mol. The number of benzene rings is 1. The molecule has 12 heteroatoms. The first kappa shape index (κ1) is 23.7. The average molecular weight is 488 g/mol. The maximum atomic E-state index is 12.8. The Hall–Kier alpha value is -3.41. The zero-order valence-electron chi connectivity index (χ0n) is 18.8. The molecule has 1 aliphatic heterocycles. The lowest BCUT2D eigenvalue weighted by Crippen LogP contribution is -2.52. The van der Waals surface area contributed by atoms with E-state index in [1.807, 2.05) is 0 Å². The number of urea groups is 1. The molecule has 1 saturated heterocycles. The van der Waals surface area contributed by atoms with Gasteiger partial charge in [0.25, 0.3) is 11.8 Å². The van der Waals surface area contributed by atoms with Gasteiger partial charge in [-0.05, 0) is 50.7 Å². The molecule has 1 saturated carbocycles. The number of carbonyl (C=O) groups is 4. The van der Waals surface area contributed by atoms with Crippen LogP contribution in [0, 0.1) is 12.8 Å². The molecule has 0 bridgehead atoms. The third kappa shape index (κ3) is 5.06. The molecule has 0 atom stereocenters. The minimum atomic E-state index is -0.972. The van der Waals surface area contributed by atoms with Gasteiger partial charge in [0.2, 0.25) is 5.89 Å². The molecule has 2 heterocycles. The molecule has 1 aromatic heterocycles. The molecule has 2 N–H and O–H groups in total. The van der Waals surface area contributed by atoms with E-state index in [0.29, 0.717) is 46.1 Å². The monoisotopic (exact) mass is 487 g/mol. The number of nitrogens with one attached hydrogen (secondary N) is 2. The minimum absolute atomic E-state index is 0.266. The van der Waals surface area contributed by atoms with E-state index in [-0.39, 0.29) is 5.56 Å². The zero-order valence-corrected chi connectivity index (χ0v) is 19.6. The molecule has 11 nitrogen and oxygen atoms in total. The molecule has 180 valence electrons. The molecule has 0 unspecified atom stereocenters. The fourth-order valence-electron chi connectivity index (χ4n) is 3.98. The minimum Gasteiger partial charge on any atom is -0.452 e. The highest BCUT2D eigenvalue weighted by molar-refractivity contribution is 7.98. The van der Waals surface area contributed by atoms with Gasteiger partial charge in [-0.3, -0.25) is 15.0 Å². The fourth-order valence-corrected chi connectivity index (χ4v) is 4.86. The summed E-state index contributed by atoms with van der Waals surface area (Å²) in [4.78, 5) is 54.8. The second-order valence-corrected chi connectivity index (χ2v) is 9.48. The lowest BCUT2D eigenvalue weighted by Gasteiger charge is -2.33. The predicted molar refractivity (Wildman–Crippen MR) is 119 cm³/mol. The smallest absolute Gasteiger partial charge is 0.344 e. The van der Waals surface area contributed by atoms with Crippen molar-refractivity contribution in [2.45, 2.75) is 55.7 Å². The van der Waals surface area contributed by atoms with Gasteiger partial charge in [0.1, 0.15) is 5.54 Å². The number of carbonyl (C=O) groups excluding carboxylic acids is 4.